The number of benzene rings is 1. The van der Waals surface area contributed by atoms with Crippen LogP contribution < -0.4 is 10.1 Å². The summed E-state index contributed by atoms with van der Waals surface area (Å²) in [6.07, 6.45) is 3.38. The summed E-state index contributed by atoms with van der Waals surface area (Å²) in [5, 5.41) is 3.42. The van der Waals surface area contributed by atoms with Gasteiger partial charge in [0.1, 0.15) is 5.75 Å². The van der Waals surface area contributed by atoms with E-state index in [1.807, 2.05) is 19.2 Å². The van der Waals surface area contributed by atoms with Gasteiger partial charge in [-0.3, -0.25) is 0 Å². The van der Waals surface area contributed by atoms with Crippen molar-refractivity contribution in [3.8, 4) is 5.75 Å². The van der Waals surface area contributed by atoms with E-state index in [0.717, 1.165) is 25.4 Å². The molecule has 1 aromatic rings. The summed E-state index contributed by atoms with van der Waals surface area (Å²) >= 11 is 0. The molecule has 0 saturated carbocycles. The Bertz CT molecular complexity index is 361. The van der Waals surface area contributed by atoms with Crippen molar-refractivity contribution < 1.29 is 9.47 Å². The van der Waals surface area contributed by atoms with Gasteiger partial charge in [0, 0.05) is 19.3 Å². The van der Waals surface area contributed by atoms with E-state index >= 15 is 0 Å². The fraction of sp³-hybridized carbons (Fsp3) is 0.600. The molecule has 0 aliphatic carbocycles. The molecule has 1 aliphatic heterocycles. The van der Waals surface area contributed by atoms with Crippen LogP contribution in [0.3, 0.4) is 0 Å². The minimum atomic E-state index is 0.494. The first-order chi connectivity index (χ1) is 8.83. The molecule has 18 heavy (non-hydrogen) atoms. The van der Waals surface area contributed by atoms with E-state index in [1.54, 1.807) is 7.11 Å². The van der Waals surface area contributed by atoms with E-state index in [9.17, 15) is 0 Å². The molecule has 2 unspecified atom stereocenters. The molecule has 1 aromatic carbocycles. The molecule has 100 valence electrons. The molecular weight excluding hydrogens is 226 g/mol. The maximum atomic E-state index is 5.45. The molecule has 0 aromatic heterocycles. The van der Waals surface area contributed by atoms with E-state index in [4.69, 9.17) is 9.47 Å². The number of methoxy groups -OCH3 is 1. The molecule has 2 rings (SSSR count). The lowest BCUT2D eigenvalue weighted by Gasteiger charge is -2.20. The fourth-order valence-corrected chi connectivity index (χ4v) is 2.61. The quantitative estimate of drug-likeness (QED) is 0.839. The largest absolute Gasteiger partial charge is 0.496 e. The van der Waals surface area contributed by atoms with Crippen LogP contribution in [0.4, 0.5) is 0 Å². The maximum Gasteiger partial charge on any atom is 0.122 e. The van der Waals surface area contributed by atoms with Crippen molar-refractivity contribution in [2.75, 3.05) is 27.4 Å². The summed E-state index contributed by atoms with van der Waals surface area (Å²) in [5.74, 6) is 1.69. The van der Waals surface area contributed by atoms with E-state index in [1.165, 1.54) is 18.4 Å². The molecule has 1 aliphatic rings. The van der Waals surface area contributed by atoms with Crippen LogP contribution in [0.5, 0.6) is 5.75 Å². The number of rotatable bonds is 6. The van der Waals surface area contributed by atoms with Gasteiger partial charge in [0.15, 0.2) is 0 Å². The highest BCUT2D eigenvalue weighted by Gasteiger charge is 2.20. The Balaban J connectivity index is 1.96. The molecule has 0 amide bonds. The Hall–Kier alpha value is -1.06. The summed E-state index contributed by atoms with van der Waals surface area (Å²) in [6.45, 7) is 1.85. The van der Waals surface area contributed by atoms with Crippen LogP contribution in [0, 0.1) is 5.92 Å². The van der Waals surface area contributed by atoms with Crippen molar-refractivity contribution in [2.24, 2.45) is 5.92 Å². The average molecular weight is 249 g/mol. The van der Waals surface area contributed by atoms with Gasteiger partial charge in [-0.15, -0.1) is 0 Å². The van der Waals surface area contributed by atoms with E-state index in [0.29, 0.717) is 12.0 Å². The summed E-state index contributed by atoms with van der Waals surface area (Å²) < 4.78 is 10.9. The maximum absolute atomic E-state index is 5.45. The molecule has 3 nitrogen and oxygen atoms in total. The van der Waals surface area contributed by atoms with Gasteiger partial charge in [-0.2, -0.15) is 0 Å². The summed E-state index contributed by atoms with van der Waals surface area (Å²) in [5.41, 5.74) is 1.28. The zero-order valence-corrected chi connectivity index (χ0v) is 11.3. The lowest BCUT2D eigenvalue weighted by Crippen LogP contribution is -2.30. The predicted octanol–water partition coefficient (Wildman–Crippen LogP) is 2.25. The van der Waals surface area contributed by atoms with Gasteiger partial charge >= 0.3 is 0 Å². The van der Waals surface area contributed by atoms with Gasteiger partial charge in [-0.1, -0.05) is 18.2 Å². The Morgan fingerprint density at radius 2 is 2.28 bits per heavy atom. The van der Waals surface area contributed by atoms with Gasteiger partial charge in [-0.25, -0.2) is 0 Å². The third-order valence-electron chi connectivity index (χ3n) is 3.71. The zero-order chi connectivity index (χ0) is 12.8. The van der Waals surface area contributed by atoms with Crippen LogP contribution >= 0.6 is 0 Å². The topological polar surface area (TPSA) is 30.5 Å². The molecular formula is C15H23NO2. The average Bonchev–Trinajstić information content (AvgIpc) is 2.91. The minimum Gasteiger partial charge on any atom is -0.496 e. The van der Waals surface area contributed by atoms with Crippen LogP contribution in [0.1, 0.15) is 18.4 Å². The first kappa shape index (κ1) is 13.4. The van der Waals surface area contributed by atoms with Crippen molar-refractivity contribution in [3.05, 3.63) is 29.8 Å². The number of hydrogen-bond acceptors (Lipinski definition) is 3. The van der Waals surface area contributed by atoms with E-state index < -0.39 is 0 Å². The number of likely N-dealkylation sites (N-methyl/N-ethyl adjacent to an activating group) is 1. The standard InChI is InChI=1S/C15H23NO2/c1-16-14(9-12-7-8-18-11-12)10-13-5-3-4-6-15(13)17-2/h3-6,12,14,16H,7-11H2,1-2H3. The lowest BCUT2D eigenvalue weighted by molar-refractivity contribution is 0.181. The smallest absolute Gasteiger partial charge is 0.122 e. The second-order valence-electron chi connectivity index (χ2n) is 4.97. The SMILES string of the molecule is CNC(Cc1ccccc1OC)CC1CCOC1. The Morgan fingerprint density at radius 3 is 2.94 bits per heavy atom. The minimum absolute atomic E-state index is 0.494. The Morgan fingerprint density at radius 1 is 1.44 bits per heavy atom. The first-order valence-corrected chi connectivity index (χ1v) is 6.70. The normalized spacial score (nSPS) is 20.9. The molecule has 1 heterocycles. The number of para-hydroxylation sites is 1. The van der Waals surface area contributed by atoms with Gasteiger partial charge in [0.25, 0.3) is 0 Å². The molecule has 1 saturated heterocycles. The van der Waals surface area contributed by atoms with Crippen molar-refractivity contribution in [3.63, 3.8) is 0 Å². The number of nitrogens with one attached hydrogen (secondary N) is 1. The molecule has 0 bridgehead atoms. The summed E-state index contributed by atoms with van der Waals surface area (Å²) in [7, 11) is 3.77. The summed E-state index contributed by atoms with van der Waals surface area (Å²) in [4.78, 5) is 0. The molecule has 3 heteroatoms. The van der Waals surface area contributed by atoms with Crippen molar-refractivity contribution >= 4 is 0 Å². The highest BCUT2D eigenvalue weighted by atomic mass is 16.5. The van der Waals surface area contributed by atoms with Crippen molar-refractivity contribution in [2.45, 2.75) is 25.3 Å². The third-order valence-corrected chi connectivity index (χ3v) is 3.71. The second-order valence-corrected chi connectivity index (χ2v) is 4.97. The van der Waals surface area contributed by atoms with Crippen molar-refractivity contribution in [1.82, 2.24) is 5.32 Å². The van der Waals surface area contributed by atoms with Crippen LogP contribution in [0.25, 0.3) is 0 Å². The molecule has 0 spiro atoms. The summed E-state index contributed by atoms with van der Waals surface area (Å²) in [6, 6.07) is 8.76. The van der Waals surface area contributed by atoms with Crippen LogP contribution in [-0.2, 0) is 11.2 Å². The van der Waals surface area contributed by atoms with E-state index in [-0.39, 0.29) is 0 Å². The third kappa shape index (κ3) is 3.47. The Kier molecular flexibility index (Phi) is 5.02. The van der Waals surface area contributed by atoms with Crippen LogP contribution in [-0.4, -0.2) is 33.4 Å². The highest BCUT2D eigenvalue weighted by molar-refractivity contribution is 5.33. The number of hydrogen-bond donors (Lipinski definition) is 1. The zero-order valence-electron chi connectivity index (χ0n) is 11.3. The molecule has 1 fully saturated rings. The van der Waals surface area contributed by atoms with Crippen molar-refractivity contribution in [1.29, 1.82) is 0 Å². The molecule has 1 N–H and O–H groups in total. The second kappa shape index (κ2) is 6.76. The monoisotopic (exact) mass is 249 g/mol. The highest BCUT2D eigenvalue weighted by Crippen LogP contribution is 2.23. The fourth-order valence-electron chi connectivity index (χ4n) is 2.61. The van der Waals surface area contributed by atoms with Crippen LogP contribution in [0.15, 0.2) is 24.3 Å². The van der Waals surface area contributed by atoms with Crippen LogP contribution in [0.2, 0.25) is 0 Å². The first-order valence-electron chi connectivity index (χ1n) is 6.70. The molecule has 2 atom stereocenters. The van der Waals surface area contributed by atoms with Gasteiger partial charge in [0.2, 0.25) is 0 Å². The van der Waals surface area contributed by atoms with Gasteiger partial charge < -0.3 is 14.8 Å². The van der Waals surface area contributed by atoms with E-state index in [2.05, 4.69) is 17.4 Å². The van der Waals surface area contributed by atoms with Gasteiger partial charge in [0.05, 0.1) is 7.11 Å². The Labute approximate surface area is 109 Å². The van der Waals surface area contributed by atoms with Gasteiger partial charge in [-0.05, 0) is 43.9 Å². The number of ether oxygens (including phenoxy) is 2. The lowest BCUT2D eigenvalue weighted by atomic mass is 9.94. The molecule has 0 radical (unpaired) electrons. The predicted molar refractivity (Wildman–Crippen MR) is 73.1 cm³/mol.